The fourth-order valence-corrected chi connectivity index (χ4v) is 3.76. The summed E-state index contributed by atoms with van der Waals surface area (Å²) in [6.45, 7) is 9.98. The summed E-state index contributed by atoms with van der Waals surface area (Å²) in [4.78, 5) is 14.2. The molecule has 2 aliphatic rings. The quantitative estimate of drug-likeness (QED) is 0.826. The summed E-state index contributed by atoms with van der Waals surface area (Å²) in [5, 5.41) is 3.57. The van der Waals surface area contributed by atoms with Crippen LogP contribution in [0.2, 0.25) is 0 Å². The molecule has 1 aromatic heterocycles. The summed E-state index contributed by atoms with van der Waals surface area (Å²) >= 11 is 0. The van der Waals surface area contributed by atoms with Crippen molar-refractivity contribution in [2.75, 3.05) is 42.9 Å². The van der Waals surface area contributed by atoms with Crippen molar-refractivity contribution >= 4 is 11.8 Å². The maximum atomic E-state index is 4.79. The van der Waals surface area contributed by atoms with Crippen LogP contribution in [0.3, 0.4) is 0 Å². The van der Waals surface area contributed by atoms with Gasteiger partial charge in [0, 0.05) is 45.0 Å². The second kappa shape index (κ2) is 9.18. The molecule has 0 amide bonds. The highest BCUT2D eigenvalue weighted by Gasteiger charge is 2.20. The van der Waals surface area contributed by atoms with Gasteiger partial charge in [0.05, 0.1) is 0 Å². The maximum Gasteiger partial charge on any atom is 0.224 e. The molecule has 0 saturated carbocycles. The average molecular weight is 344 g/mol. The lowest BCUT2D eigenvalue weighted by Crippen LogP contribution is -2.40. The first kappa shape index (κ1) is 18.2. The Bertz CT molecular complexity index is 555. The fraction of sp³-hybridized carbons (Fsp3) is 0.700. The van der Waals surface area contributed by atoms with Crippen molar-refractivity contribution in [3.05, 3.63) is 23.9 Å². The molecule has 0 spiro atoms. The van der Waals surface area contributed by atoms with Gasteiger partial charge in [0.2, 0.25) is 5.95 Å². The van der Waals surface area contributed by atoms with Crippen molar-refractivity contribution in [2.45, 2.75) is 58.4 Å². The van der Waals surface area contributed by atoms with Gasteiger partial charge < -0.3 is 10.2 Å². The second-order valence-electron chi connectivity index (χ2n) is 7.47. The average Bonchev–Trinajstić information content (AvgIpc) is 2.93. The van der Waals surface area contributed by atoms with E-state index in [1.165, 1.54) is 31.3 Å². The predicted molar refractivity (Wildman–Crippen MR) is 105 cm³/mol. The lowest BCUT2D eigenvalue weighted by atomic mass is 10.0. The normalized spacial score (nSPS) is 21.2. The molecule has 0 bridgehead atoms. The Hall–Kier alpha value is -1.62. The van der Waals surface area contributed by atoms with Crippen LogP contribution in [-0.2, 0) is 0 Å². The summed E-state index contributed by atoms with van der Waals surface area (Å²) < 4.78 is 0. The van der Waals surface area contributed by atoms with Crippen molar-refractivity contribution in [1.29, 1.82) is 0 Å². The first-order valence-corrected chi connectivity index (χ1v) is 9.93. The Morgan fingerprint density at radius 1 is 1.16 bits per heavy atom. The number of anilines is 2. The molecule has 3 heterocycles. The maximum absolute atomic E-state index is 4.79. The molecule has 0 aliphatic carbocycles. The third kappa shape index (κ3) is 5.43. The largest absolute Gasteiger partial charge is 0.356 e. The first-order chi connectivity index (χ1) is 12.2. The zero-order valence-electron chi connectivity index (χ0n) is 15.9. The van der Waals surface area contributed by atoms with E-state index in [2.05, 4.69) is 46.1 Å². The highest BCUT2D eigenvalue weighted by atomic mass is 15.2. The molecule has 25 heavy (non-hydrogen) atoms. The van der Waals surface area contributed by atoms with Crippen LogP contribution in [0.4, 0.5) is 11.8 Å². The van der Waals surface area contributed by atoms with Crippen LogP contribution in [0.1, 0.15) is 52.4 Å². The zero-order chi connectivity index (χ0) is 17.5. The smallest absolute Gasteiger partial charge is 0.224 e. The number of allylic oxidation sites excluding steroid dienone is 1. The number of rotatable bonds is 5. The lowest BCUT2D eigenvalue weighted by Gasteiger charge is -2.32. The van der Waals surface area contributed by atoms with Gasteiger partial charge in [-0.25, -0.2) is 4.98 Å². The topological polar surface area (TPSA) is 44.3 Å². The van der Waals surface area contributed by atoms with Crippen LogP contribution >= 0.6 is 0 Å². The highest BCUT2D eigenvalue weighted by molar-refractivity contribution is 5.43. The number of hydrogen-bond acceptors (Lipinski definition) is 5. The number of likely N-dealkylation sites (tertiary alicyclic amines) is 1. The molecule has 2 aliphatic heterocycles. The molecular weight excluding hydrogens is 310 g/mol. The van der Waals surface area contributed by atoms with E-state index in [4.69, 9.17) is 4.98 Å². The zero-order valence-corrected chi connectivity index (χ0v) is 15.9. The number of nitrogens with zero attached hydrogens (tertiary/aromatic N) is 4. The van der Waals surface area contributed by atoms with Crippen molar-refractivity contribution in [3.8, 4) is 0 Å². The van der Waals surface area contributed by atoms with Crippen molar-refractivity contribution < 1.29 is 0 Å². The van der Waals surface area contributed by atoms with Gasteiger partial charge in [-0.05, 0) is 45.6 Å². The van der Waals surface area contributed by atoms with Gasteiger partial charge in [-0.1, -0.05) is 24.5 Å². The minimum atomic E-state index is 0.488. The van der Waals surface area contributed by atoms with E-state index >= 15 is 0 Å². The molecule has 1 aromatic rings. The van der Waals surface area contributed by atoms with Crippen molar-refractivity contribution in [3.63, 3.8) is 0 Å². The summed E-state index contributed by atoms with van der Waals surface area (Å²) in [6.07, 6.45) is 11.7. The summed E-state index contributed by atoms with van der Waals surface area (Å²) in [7, 11) is 0. The van der Waals surface area contributed by atoms with Crippen LogP contribution in [-0.4, -0.2) is 53.6 Å². The van der Waals surface area contributed by atoms with Gasteiger partial charge in [0.25, 0.3) is 0 Å². The van der Waals surface area contributed by atoms with E-state index in [1.54, 1.807) is 0 Å². The van der Waals surface area contributed by atoms with E-state index in [9.17, 15) is 0 Å². The Morgan fingerprint density at radius 2 is 1.88 bits per heavy atom. The minimum absolute atomic E-state index is 0.488. The SMILES string of the molecule is C/C=C(\C)CN1CCC(Nc2nccc(N3CCCCCC3)n2)CC1. The predicted octanol–water partition coefficient (Wildman–Crippen LogP) is 3.70. The molecule has 1 N–H and O–H groups in total. The molecule has 2 saturated heterocycles. The Morgan fingerprint density at radius 3 is 2.56 bits per heavy atom. The first-order valence-electron chi connectivity index (χ1n) is 9.93. The summed E-state index contributed by atoms with van der Waals surface area (Å²) in [6, 6.07) is 2.54. The number of piperidine rings is 1. The van der Waals surface area contributed by atoms with Gasteiger partial charge in [0.1, 0.15) is 5.82 Å². The monoisotopic (exact) mass is 343 g/mol. The summed E-state index contributed by atoms with van der Waals surface area (Å²) in [5.74, 6) is 1.88. The Labute approximate surface area is 152 Å². The van der Waals surface area contributed by atoms with E-state index in [-0.39, 0.29) is 0 Å². The molecule has 0 unspecified atom stereocenters. The third-order valence-corrected chi connectivity index (χ3v) is 5.46. The number of hydrogen-bond donors (Lipinski definition) is 1. The molecule has 0 radical (unpaired) electrons. The second-order valence-corrected chi connectivity index (χ2v) is 7.47. The van der Waals surface area contributed by atoms with E-state index < -0.39 is 0 Å². The van der Waals surface area contributed by atoms with Crippen LogP contribution in [0.5, 0.6) is 0 Å². The van der Waals surface area contributed by atoms with Crippen LogP contribution in [0, 0.1) is 0 Å². The van der Waals surface area contributed by atoms with Crippen LogP contribution in [0.25, 0.3) is 0 Å². The number of aromatic nitrogens is 2. The Balaban J connectivity index is 1.52. The lowest BCUT2D eigenvalue weighted by molar-refractivity contribution is 0.235. The number of nitrogens with one attached hydrogen (secondary N) is 1. The van der Waals surface area contributed by atoms with E-state index in [0.717, 1.165) is 57.3 Å². The minimum Gasteiger partial charge on any atom is -0.356 e. The van der Waals surface area contributed by atoms with E-state index in [1.807, 2.05) is 6.20 Å². The van der Waals surface area contributed by atoms with Crippen molar-refractivity contribution in [1.82, 2.24) is 14.9 Å². The molecule has 2 fully saturated rings. The molecule has 3 rings (SSSR count). The molecule has 5 nitrogen and oxygen atoms in total. The Kier molecular flexibility index (Phi) is 6.68. The molecule has 5 heteroatoms. The van der Waals surface area contributed by atoms with Gasteiger partial charge in [-0.15, -0.1) is 0 Å². The molecular formula is C20H33N5. The van der Waals surface area contributed by atoms with Crippen molar-refractivity contribution in [2.24, 2.45) is 0 Å². The van der Waals surface area contributed by atoms with E-state index in [0.29, 0.717) is 6.04 Å². The highest BCUT2D eigenvalue weighted by Crippen LogP contribution is 2.20. The van der Waals surface area contributed by atoms with Gasteiger partial charge in [-0.2, -0.15) is 4.98 Å². The summed E-state index contributed by atoms with van der Waals surface area (Å²) in [5.41, 5.74) is 1.46. The molecule has 138 valence electrons. The van der Waals surface area contributed by atoms with Crippen LogP contribution in [0.15, 0.2) is 23.9 Å². The van der Waals surface area contributed by atoms with Gasteiger partial charge >= 0.3 is 0 Å². The van der Waals surface area contributed by atoms with Gasteiger partial charge in [-0.3, -0.25) is 4.90 Å². The third-order valence-electron chi connectivity index (χ3n) is 5.46. The molecule has 0 atom stereocenters. The van der Waals surface area contributed by atoms with Crippen LogP contribution < -0.4 is 10.2 Å². The van der Waals surface area contributed by atoms with Gasteiger partial charge in [0.15, 0.2) is 0 Å². The fourth-order valence-electron chi connectivity index (χ4n) is 3.76. The standard InChI is InChI=1S/C20H33N5/c1-3-17(2)16-24-14-9-18(10-15-24)22-20-21-11-8-19(23-20)25-12-6-4-5-7-13-25/h3,8,11,18H,4-7,9-10,12-16H2,1-2H3,(H,21,22,23)/b17-3+. The molecule has 0 aromatic carbocycles.